The smallest absolute Gasteiger partial charge is 0.409 e. The maximum absolute atomic E-state index is 12.2. The lowest BCUT2D eigenvalue weighted by Crippen LogP contribution is -2.55. The highest BCUT2D eigenvalue weighted by Crippen LogP contribution is 2.58. The van der Waals surface area contributed by atoms with Crippen molar-refractivity contribution in [3.05, 3.63) is 34.9 Å². The van der Waals surface area contributed by atoms with E-state index >= 15 is 0 Å². The number of amides is 1. The van der Waals surface area contributed by atoms with Crippen LogP contribution in [0.1, 0.15) is 44.6 Å². The molecule has 0 spiro atoms. The van der Waals surface area contributed by atoms with Crippen molar-refractivity contribution >= 4 is 17.7 Å². The van der Waals surface area contributed by atoms with Crippen molar-refractivity contribution in [3.8, 4) is 0 Å². The largest absolute Gasteiger partial charge is 0.465 e. The van der Waals surface area contributed by atoms with Crippen LogP contribution in [-0.4, -0.2) is 42.3 Å². The van der Waals surface area contributed by atoms with Gasteiger partial charge in [-0.3, -0.25) is 4.90 Å². The van der Waals surface area contributed by atoms with Gasteiger partial charge in [0.1, 0.15) is 13.0 Å². The third kappa shape index (κ3) is 3.25. The molecule has 0 radical (unpaired) electrons. The van der Waals surface area contributed by atoms with Crippen molar-refractivity contribution in [1.29, 1.82) is 0 Å². The lowest BCUT2D eigenvalue weighted by atomic mass is 9.73. The Balaban J connectivity index is 1.98. The second-order valence-electron chi connectivity index (χ2n) is 7.12. The van der Waals surface area contributed by atoms with Gasteiger partial charge in [-0.2, -0.15) is 0 Å². The van der Waals surface area contributed by atoms with Crippen LogP contribution >= 0.6 is 11.6 Å². The number of rotatable bonds is 7. The summed E-state index contributed by atoms with van der Waals surface area (Å²) in [7, 11) is 1.54. The van der Waals surface area contributed by atoms with E-state index in [0.717, 1.165) is 36.3 Å². The summed E-state index contributed by atoms with van der Waals surface area (Å²) in [5.41, 5.74) is 0.861. The molecule has 1 aromatic rings. The zero-order valence-electron chi connectivity index (χ0n) is 14.8. The summed E-state index contributed by atoms with van der Waals surface area (Å²) in [6.07, 6.45) is 3.08. The molecule has 1 amide bonds. The fourth-order valence-corrected chi connectivity index (χ4v) is 5.22. The van der Waals surface area contributed by atoms with Gasteiger partial charge in [0.25, 0.3) is 0 Å². The maximum atomic E-state index is 12.2. The highest BCUT2D eigenvalue weighted by molar-refractivity contribution is 6.31. The molecule has 6 heteroatoms. The van der Waals surface area contributed by atoms with Crippen LogP contribution in [-0.2, 0) is 14.9 Å². The average Bonchev–Trinajstić information content (AvgIpc) is 3.17. The topological polar surface area (TPSA) is 59.0 Å². The van der Waals surface area contributed by atoms with E-state index in [4.69, 9.17) is 21.1 Å². The summed E-state index contributed by atoms with van der Waals surface area (Å²) >= 11 is 6.52. The van der Waals surface area contributed by atoms with Gasteiger partial charge in [0.15, 0.2) is 0 Å². The molecule has 0 heterocycles. The lowest BCUT2D eigenvalue weighted by molar-refractivity contribution is -0.138. The van der Waals surface area contributed by atoms with Crippen LogP contribution in [0.15, 0.2) is 24.3 Å². The number of fused-ring (bicyclic) bond motifs is 2. The van der Waals surface area contributed by atoms with Crippen molar-refractivity contribution < 1.29 is 19.4 Å². The number of carbonyl (C=O) groups is 1. The van der Waals surface area contributed by atoms with Crippen LogP contribution in [0.2, 0.25) is 5.02 Å². The fourth-order valence-electron chi connectivity index (χ4n) is 4.89. The van der Waals surface area contributed by atoms with E-state index in [1.165, 1.54) is 4.90 Å². The van der Waals surface area contributed by atoms with Gasteiger partial charge in [-0.05, 0) is 49.7 Å². The van der Waals surface area contributed by atoms with Gasteiger partial charge in [-0.25, -0.2) is 4.79 Å². The number of carboxylic acid groups (broad SMARTS) is 1. The lowest BCUT2D eigenvalue weighted by Gasteiger charge is -2.44. The highest BCUT2D eigenvalue weighted by Gasteiger charge is 2.57. The average molecular weight is 368 g/mol. The molecule has 2 aliphatic carbocycles. The zero-order valence-corrected chi connectivity index (χ0v) is 15.5. The Morgan fingerprint density at radius 3 is 2.84 bits per heavy atom. The molecule has 3 rings (SSSR count). The van der Waals surface area contributed by atoms with Gasteiger partial charge in [-0.1, -0.05) is 36.7 Å². The van der Waals surface area contributed by atoms with Gasteiger partial charge in [0.2, 0.25) is 0 Å². The Labute approximate surface area is 153 Å². The second-order valence-corrected chi connectivity index (χ2v) is 7.53. The summed E-state index contributed by atoms with van der Waals surface area (Å²) in [4.78, 5) is 13.7. The Bertz CT molecular complexity index is 625. The minimum atomic E-state index is -0.938. The van der Waals surface area contributed by atoms with E-state index in [-0.39, 0.29) is 18.2 Å². The van der Waals surface area contributed by atoms with E-state index in [2.05, 4.69) is 6.07 Å². The van der Waals surface area contributed by atoms with Gasteiger partial charge in [0.05, 0.1) is 0 Å². The van der Waals surface area contributed by atoms with Crippen LogP contribution in [0.25, 0.3) is 0 Å². The van der Waals surface area contributed by atoms with Gasteiger partial charge < -0.3 is 14.6 Å². The summed E-state index contributed by atoms with van der Waals surface area (Å²) in [5, 5.41) is 10.7. The minimum Gasteiger partial charge on any atom is -0.465 e. The molecule has 1 aromatic carbocycles. The first-order chi connectivity index (χ1) is 12.0. The molecule has 0 aliphatic heterocycles. The van der Waals surface area contributed by atoms with Gasteiger partial charge in [-0.15, -0.1) is 0 Å². The Morgan fingerprint density at radius 2 is 2.24 bits per heavy atom. The number of benzene rings is 1. The summed E-state index contributed by atoms with van der Waals surface area (Å²) in [6, 6.07) is 7.75. The van der Waals surface area contributed by atoms with E-state index in [1.807, 2.05) is 25.1 Å². The molecule has 4 atom stereocenters. The van der Waals surface area contributed by atoms with Crippen LogP contribution in [0.5, 0.6) is 0 Å². The SMILES string of the molecule is CCC(OCOC)N(C(=O)O)[C@@H]1CC2CC[C@]1(c1ccccc1Cl)C2. The molecular weight excluding hydrogens is 342 g/mol. The third-order valence-corrected chi connectivity index (χ3v) is 6.18. The standard InChI is InChI=1S/C19H26ClNO4/c1-3-17(25-12-24-2)21(18(22)23)16-10-13-8-9-19(16,11-13)14-6-4-5-7-15(14)20/h4-7,13,16-17H,3,8-12H2,1-2H3,(H,22,23)/t13?,16-,17?,19-/m1/s1. The molecular formula is C19H26ClNO4. The monoisotopic (exact) mass is 367 g/mol. The van der Waals surface area contributed by atoms with Crippen molar-refractivity contribution in [3.63, 3.8) is 0 Å². The van der Waals surface area contributed by atoms with Crippen LogP contribution in [0.3, 0.4) is 0 Å². The van der Waals surface area contributed by atoms with E-state index < -0.39 is 12.3 Å². The van der Waals surface area contributed by atoms with Crippen LogP contribution in [0.4, 0.5) is 4.79 Å². The molecule has 0 saturated heterocycles. The molecule has 2 fully saturated rings. The molecule has 25 heavy (non-hydrogen) atoms. The third-order valence-electron chi connectivity index (χ3n) is 5.85. The zero-order chi connectivity index (χ0) is 18.0. The first kappa shape index (κ1) is 18.5. The summed E-state index contributed by atoms with van der Waals surface area (Å²) in [5.74, 6) is 0.544. The number of nitrogens with zero attached hydrogens (tertiary/aromatic N) is 1. The Kier molecular flexibility index (Phi) is 5.56. The Morgan fingerprint density at radius 1 is 1.48 bits per heavy atom. The number of halogens is 1. The normalized spacial score (nSPS) is 28.9. The quantitative estimate of drug-likeness (QED) is 0.721. The number of methoxy groups -OCH3 is 1. The summed E-state index contributed by atoms with van der Waals surface area (Å²) in [6.45, 7) is 2.02. The fraction of sp³-hybridized carbons (Fsp3) is 0.632. The molecule has 2 unspecified atom stereocenters. The maximum Gasteiger partial charge on any atom is 0.409 e. The number of ether oxygens (including phenoxy) is 2. The van der Waals surface area contributed by atoms with Crippen molar-refractivity contribution in [2.75, 3.05) is 13.9 Å². The van der Waals surface area contributed by atoms with E-state index in [1.54, 1.807) is 7.11 Å². The van der Waals surface area contributed by atoms with Crippen molar-refractivity contribution in [2.24, 2.45) is 5.92 Å². The molecule has 1 N–H and O–H groups in total. The minimum absolute atomic E-state index is 0.0809. The van der Waals surface area contributed by atoms with Crippen molar-refractivity contribution in [2.45, 2.75) is 56.7 Å². The first-order valence-electron chi connectivity index (χ1n) is 8.90. The predicted molar refractivity (Wildman–Crippen MR) is 95.8 cm³/mol. The van der Waals surface area contributed by atoms with Gasteiger partial charge >= 0.3 is 6.09 Å². The van der Waals surface area contributed by atoms with Crippen molar-refractivity contribution in [1.82, 2.24) is 4.90 Å². The van der Waals surface area contributed by atoms with Gasteiger partial charge in [0, 0.05) is 23.6 Å². The summed E-state index contributed by atoms with van der Waals surface area (Å²) < 4.78 is 10.7. The molecule has 2 bridgehead atoms. The number of hydrogen-bond acceptors (Lipinski definition) is 3. The molecule has 0 aromatic heterocycles. The Hall–Kier alpha value is -1.30. The van der Waals surface area contributed by atoms with E-state index in [0.29, 0.717) is 12.3 Å². The molecule has 5 nitrogen and oxygen atoms in total. The molecule has 2 aliphatic rings. The predicted octanol–water partition coefficient (Wildman–Crippen LogP) is 4.49. The first-order valence-corrected chi connectivity index (χ1v) is 9.28. The second kappa shape index (κ2) is 7.52. The number of hydrogen-bond donors (Lipinski definition) is 1. The molecule has 138 valence electrons. The van der Waals surface area contributed by atoms with Crippen LogP contribution < -0.4 is 0 Å². The highest BCUT2D eigenvalue weighted by atomic mass is 35.5. The van der Waals surface area contributed by atoms with Crippen LogP contribution in [0, 0.1) is 5.92 Å². The van der Waals surface area contributed by atoms with E-state index in [9.17, 15) is 9.90 Å². The molecule has 2 saturated carbocycles.